The number of aryl methyl sites for hydroxylation is 2. The lowest BCUT2D eigenvalue weighted by atomic mass is 10.1. The lowest BCUT2D eigenvalue weighted by molar-refractivity contribution is -0.129. The summed E-state index contributed by atoms with van der Waals surface area (Å²) in [4.78, 5) is 17.5. The van der Waals surface area contributed by atoms with E-state index in [2.05, 4.69) is 4.90 Å². The number of carbonyl (C=O) groups is 1. The van der Waals surface area contributed by atoms with Crippen molar-refractivity contribution in [3.63, 3.8) is 0 Å². The molecule has 1 aliphatic heterocycles. The summed E-state index contributed by atoms with van der Waals surface area (Å²) in [5, 5.41) is 0. The number of ether oxygens (including phenoxy) is 2. The van der Waals surface area contributed by atoms with Crippen molar-refractivity contribution in [2.24, 2.45) is 0 Å². The molecule has 1 fully saturated rings. The Labute approximate surface area is 225 Å². The second-order valence-electron chi connectivity index (χ2n) is 9.23. The number of methoxy groups -OCH3 is 2. The second-order valence-corrected chi connectivity index (χ2v) is 11.1. The van der Waals surface area contributed by atoms with Gasteiger partial charge in [-0.2, -0.15) is 0 Å². The van der Waals surface area contributed by atoms with Gasteiger partial charge in [0.1, 0.15) is 22.9 Å². The predicted octanol–water partition coefficient (Wildman–Crippen LogP) is 4.12. The molecule has 0 saturated carbocycles. The summed E-state index contributed by atoms with van der Waals surface area (Å²) in [6.07, 6.45) is 0.828. The molecule has 1 saturated heterocycles. The van der Waals surface area contributed by atoms with Crippen LogP contribution in [0.3, 0.4) is 0 Å². The van der Waals surface area contributed by atoms with Crippen LogP contribution in [0.1, 0.15) is 18.1 Å². The molecule has 1 heterocycles. The number of hydrogen-bond acceptors (Lipinski definition) is 6. The standard InChI is InChI=1S/C29H35N3O5S/c1-5-23-11-13-24(14-12-23)32(38(34,35)28-20-22(2)10-15-27(28)37-4)21-29(33)31-18-16-30(17-19-31)25-8-6-7-9-26(25)36-3/h6-15,20H,5,16-19,21H2,1-4H3. The highest BCUT2D eigenvalue weighted by Gasteiger charge is 2.32. The third-order valence-corrected chi connectivity index (χ3v) is 8.65. The highest BCUT2D eigenvalue weighted by atomic mass is 32.2. The summed E-state index contributed by atoms with van der Waals surface area (Å²) >= 11 is 0. The Hall–Kier alpha value is -3.72. The van der Waals surface area contributed by atoms with E-state index in [1.165, 1.54) is 11.4 Å². The molecule has 0 N–H and O–H groups in total. The van der Waals surface area contributed by atoms with Crippen LogP contribution in [0, 0.1) is 6.92 Å². The fraction of sp³-hybridized carbons (Fsp3) is 0.345. The Morgan fingerprint density at radius 1 is 0.895 bits per heavy atom. The van der Waals surface area contributed by atoms with E-state index in [0.29, 0.717) is 31.9 Å². The minimum absolute atomic E-state index is 0.0355. The van der Waals surface area contributed by atoms with Crippen LogP contribution in [0.2, 0.25) is 0 Å². The number of hydrogen-bond donors (Lipinski definition) is 0. The number of carbonyl (C=O) groups excluding carboxylic acids is 1. The quantitative estimate of drug-likeness (QED) is 0.409. The zero-order chi connectivity index (χ0) is 27.3. The molecule has 0 spiro atoms. The van der Waals surface area contributed by atoms with Gasteiger partial charge in [-0.1, -0.05) is 37.3 Å². The first-order chi connectivity index (χ1) is 18.3. The summed E-state index contributed by atoms with van der Waals surface area (Å²) < 4.78 is 40.1. The Kier molecular flexibility index (Phi) is 8.46. The molecular formula is C29H35N3O5S. The SMILES string of the molecule is CCc1ccc(N(CC(=O)N2CCN(c3ccccc3OC)CC2)S(=O)(=O)c2cc(C)ccc2OC)cc1. The summed E-state index contributed by atoms with van der Waals surface area (Å²) in [5.74, 6) is 0.773. The van der Waals surface area contributed by atoms with Crippen LogP contribution in [0.15, 0.2) is 71.6 Å². The van der Waals surface area contributed by atoms with E-state index in [-0.39, 0.29) is 23.1 Å². The Morgan fingerprint density at radius 2 is 1.55 bits per heavy atom. The first-order valence-corrected chi connectivity index (χ1v) is 14.1. The summed E-state index contributed by atoms with van der Waals surface area (Å²) in [5.41, 5.74) is 3.28. The van der Waals surface area contributed by atoms with E-state index in [1.807, 2.05) is 50.2 Å². The molecule has 0 aliphatic carbocycles. The first kappa shape index (κ1) is 27.3. The molecule has 3 aromatic carbocycles. The molecule has 202 valence electrons. The van der Waals surface area contributed by atoms with Crippen LogP contribution >= 0.6 is 0 Å². The van der Waals surface area contributed by atoms with Crippen LogP contribution < -0.4 is 18.7 Å². The average Bonchev–Trinajstić information content (AvgIpc) is 2.95. The minimum Gasteiger partial charge on any atom is -0.495 e. The molecule has 1 amide bonds. The van der Waals surface area contributed by atoms with E-state index < -0.39 is 10.0 Å². The molecule has 3 aromatic rings. The lowest BCUT2D eigenvalue weighted by Crippen LogP contribution is -2.52. The lowest BCUT2D eigenvalue weighted by Gasteiger charge is -2.37. The Balaban J connectivity index is 1.59. The molecule has 8 nitrogen and oxygen atoms in total. The molecule has 0 radical (unpaired) electrons. The van der Waals surface area contributed by atoms with Gasteiger partial charge >= 0.3 is 0 Å². The van der Waals surface area contributed by atoms with Crippen molar-refractivity contribution in [3.05, 3.63) is 77.9 Å². The zero-order valence-electron chi connectivity index (χ0n) is 22.4. The van der Waals surface area contributed by atoms with Gasteiger partial charge in [-0.3, -0.25) is 9.10 Å². The van der Waals surface area contributed by atoms with Gasteiger partial charge in [0.25, 0.3) is 10.0 Å². The number of piperazine rings is 1. The molecule has 0 aromatic heterocycles. The number of rotatable bonds is 9. The fourth-order valence-corrected chi connectivity index (χ4v) is 6.29. The Bertz CT molecular complexity index is 1370. The average molecular weight is 538 g/mol. The van der Waals surface area contributed by atoms with Gasteiger partial charge in [0.15, 0.2) is 0 Å². The van der Waals surface area contributed by atoms with E-state index in [9.17, 15) is 13.2 Å². The van der Waals surface area contributed by atoms with E-state index >= 15 is 0 Å². The number of amides is 1. The van der Waals surface area contributed by atoms with Crippen molar-refractivity contribution in [3.8, 4) is 11.5 Å². The first-order valence-electron chi connectivity index (χ1n) is 12.7. The van der Waals surface area contributed by atoms with Crippen LogP contribution in [0.5, 0.6) is 11.5 Å². The van der Waals surface area contributed by atoms with E-state index in [4.69, 9.17) is 9.47 Å². The largest absolute Gasteiger partial charge is 0.495 e. The third kappa shape index (κ3) is 5.72. The fourth-order valence-electron chi connectivity index (χ4n) is 4.63. The molecule has 4 rings (SSSR count). The number of sulfonamides is 1. The number of benzene rings is 3. The summed E-state index contributed by atoms with van der Waals surface area (Å²) in [6, 6.07) is 20.1. The Morgan fingerprint density at radius 3 is 2.18 bits per heavy atom. The van der Waals surface area contributed by atoms with Crippen LogP contribution in [-0.2, 0) is 21.2 Å². The summed E-state index contributed by atoms with van der Waals surface area (Å²) in [7, 11) is -1.02. The molecule has 0 bridgehead atoms. The maximum absolute atomic E-state index is 14.0. The van der Waals surface area contributed by atoms with Crippen molar-refractivity contribution >= 4 is 27.3 Å². The molecule has 9 heteroatoms. The van der Waals surface area contributed by atoms with Gasteiger partial charge in [0.2, 0.25) is 5.91 Å². The predicted molar refractivity (Wildman–Crippen MR) is 150 cm³/mol. The normalized spacial score (nSPS) is 13.8. The summed E-state index contributed by atoms with van der Waals surface area (Å²) in [6.45, 7) is 5.76. The third-order valence-electron chi connectivity index (χ3n) is 6.86. The molecule has 1 aliphatic rings. The molecule has 0 unspecified atom stereocenters. The topological polar surface area (TPSA) is 79.4 Å². The van der Waals surface area contributed by atoms with Crippen molar-refractivity contribution in [2.75, 3.05) is 56.1 Å². The maximum Gasteiger partial charge on any atom is 0.268 e. The van der Waals surface area contributed by atoms with Gasteiger partial charge in [0, 0.05) is 26.2 Å². The van der Waals surface area contributed by atoms with Crippen LogP contribution in [0.25, 0.3) is 0 Å². The number of para-hydroxylation sites is 2. The monoisotopic (exact) mass is 537 g/mol. The highest BCUT2D eigenvalue weighted by Crippen LogP contribution is 2.32. The van der Waals surface area contributed by atoms with E-state index in [0.717, 1.165) is 29.0 Å². The van der Waals surface area contributed by atoms with Gasteiger partial charge in [-0.15, -0.1) is 0 Å². The molecule has 0 atom stereocenters. The van der Waals surface area contributed by atoms with Crippen molar-refractivity contribution < 1.29 is 22.7 Å². The van der Waals surface area contributed by atoms with Crippen molar-refractivity contribution in [1.29, 1.82) is 0 Å². The van der Waals surface area contributed by atoms with Crippen molar-refractivity contribution in [2.45, 2.75) is 25.2 Å². The highest BCUT2D eigenvalue weighted by molar-refractivity contribution is 7.93. The van der Waals surface area contributed by atoms with Crippen LogP contribution in [0.4, 0.5) is 11.4 Å². The molecular weight excluding hydrogens is 502 g/mol. The van der Waals surface area contributed by atoms with Crippen molar-refractivity contribution in [1.82, 2.24) is 4.90 Å². The van der Waals surface area contributed by atoms with Gasteiger partial charge < -0.3 is 19.3 Å². The minimum atomic E-state index is -4.10. The van der Waals surface area contributed by atoms with E-state index in [1.54, 1.807) is 42.3 Å². The number of nitrogens with zero attached hydrogens (tertiary/aromatic N) is 3. The smallest absolute Gasteiger partial charge is 0.268 e. The van der Waals surface area contributed by atoms with Gasteiger partial charge in [-0.05, 0) is 60.9 Å². The van der Waals surface area contributed by atoms with Crippen LogP contribution in [-0.4, -0.2) is 66.2 Å². The molecule has 38 heavy (non-hydrogen) atoms. The zero-order valence-corrected chi connectivity index (χ0v) is 23.2. The second kappa shape index (κ2) is 11.8. The number of anilines is 2. The van der Waals surface area contributed by atoms with Gasteiger partial charge in [0.05, 0.1) is 25.6 Å². The van der Waals surface area contributed by atoms with Gasteiger partial charge in [-0.25, -0.2) is 8.42 Å². The maximum atomic E-state index is 14.0.